The highest BCUT2D eigenvalue weighted by Crippen LogP contribution is 2.30. The van der Waals surface area contributed by atoms with Gasteiger partial charge in [-0.3, -0.25) is 0 Å². The van der Waals surface area contributed by atoms with Crippen molar-refractivity contribution in [3.05, 3.63) is 23.3 Å². The van der Waals surface area contributed by atoms with E-state index in [1.165, 1.54) is 0 Å². The summed E-state index contributed by atoms with van der Waals surface area (Å²) in [5, 5.41) is 0. The van der Waals surface area contributed by atoms with Crippen LogP contribution in [0.25, 0.3) is 0 Å². The summed E-state index contributed by atoms with van der Waals surface area (Å²) in [6.45, 7) is 6.85. The first kappa shape index (κ1) is 15.1. The average Bonchev–Trinajstić information content (AvgIpc) is 2.42. The van der Waals surface area contributed by atoms with Gasteiger partial charge in [0.1, 0.15) is 5.60 Å². The summed E-state index contributed by atoms with van der Waals surface area (Å²) in [7, 11) is 1.73. The highest BCUT2D eigenvalue weighted by atomic mass is 16.5. The van der Waals surface area contributed by atoms with Crippen LogP contribution >= 0.6 is 0 Å². The quantitative estimate of drug-likeness (QED) is 0.809. The smallest absolute Gasteiger partial charge is 0.160 e. The Morgan fingerprint density at radius 3 is 2.39 bits per heavy atom. The molecule has 0 radical (unpaired) electrons. The minimum atomic E-state index is -0.365. The molecule has 0 atom stereocenters. The molecule has 0 fully saturated rings. The van der Waals surface area contributed by atoms with Crippen molar-refractivity contribution in [2.24, 2.45) is 5.73 Å². The maximum Gasteiger partial charge on any atom is 0.160 e. The van der Waals surface area contributed by atoms with Crippen LogP contribution in [0.3, 0.4) is 0 Å². The zero-order valence-corrected chi connectivity index (χ0v) is 12.0. The van der Waals surface area contributed by atoms with Crippen LogP contribution < -0.4 is 5.73 Å². The third-order valence-electron chi connectivity index (χ3n) is 3.60. The Kier molecular flexibility index (Phi) is 5.69. The number of methoxy groups -OCH3 is 1. The first-order valence-corrected chi connectivity index (χ1v) is 6.77. The minimum absolute atomic E-state index is 0.365. The van der Waals surface area contributed by atoms with E-state index in [0.717, 1.165) is 42.8 Å². The molecule has 1 aromatic heterocycles. The molecule has 0 bridgehead atoms. The van der Waals surface area contributed by atoms with Crippen LogP contribution in [0.15, 0.2) is 6.20 Å². The number of aromatic nitrogens is 2. The largest absolute Gasteiger partial charge is 0.370 e. The Balaban J connectivity index is 3.20. The van der Waals surface area contributed by atoms with E-state index in [2.05, 4.69) is 25.8 Å². The lowest BCUT2D eigenvalue weighted by molar-refractivity contribution is -0.0293. The van der Waals surface area contributed by atoms with Crippen LogP contribution in [0.2, 0.25) is 0 Å². The van der Waals surface area contributed by atoms with Crippen LogP contribution in [-0.4, -0.2) is 17.1 Å². The second-order valence-electron chi connectivity index (χ2n) is 4.53. The zero-order chi connectivity index (χ0) is 13.6. The normalized spacial score (nSPS) is 11.8. The van der Waals surface area contributed by atoms with Gasteiger partial charge in [-0.25, -0.2) is 9.97 Å². The van der Waals surface area contributed by atoms with Gasteiger partial charge < -0.3 is 10.5 Å². The van der Waals surface area contributed by atoms with Crippen LogP contribution in [-0.2, 0) is 23.3 Å². The van der Waals surface area contributed by atoms with Gasteiger partial charge in [0.25, 0.3) is 0 Å². The second kappa shape index (κ2) is 6.81. The Morgan fingerprint density at radius 2 is 1.94 bits per heavy atom. The summed E-state index contributed by atoms with van der Waals surface area (Å²) in [4.78, 5) is 9.16. The van der Waals surface area contributed by atoms with Crippen molar-refractivity contribution in [1.82, 2.24) is 9.97 Å². The Morgan fingerprint density at radius 1 is 1.28 bits per heavy atom. The maximum absolute atomic E-state index is 5.73. The monoisotopic (exact) mass is 251 g/mol. The van der Waals surface area contributed by atoms with E-state index in [1.807, 2.05) is 6.20 Å². The summed E-state index contributed by atoms with van der Waals surface area (Å²) < 4.78 is 5.67. The summed E-state index contributed by atoms with van der Waals surface area (Å²) >= 11 is 0. The average molecular weight is 251 g/mol. The molecule has 1 heterocycles. The van der Waals surface area contributed by atoms with Crippen molar-refractivity contribution < 1.29 is 4.74 Å². The molecule has 0 aliphatic carbocycles. The number of aryl methyl sites for hydroxylation is 1. The first-order chi connectivity index (χ1) is 8.67. The van der Waals surface area contributed by atoms with Crippen molar-refractivity contribution >= 4 is 0 Å². The fourth-order valence-corrected chi connectivity index (χ4v) is 2.23. The van der Waals surface area contributed by atoms with E-state index < -0.39 is 0 Å². The van der Waals surface area contributed by atoms with E-state index in [1.54, 1.807) is 7.11 Å². The topological polar surface area (TPSA) is 61.0 Å². The van der Waals surface area contributed by atoms with Gasteiger partial charge in [0, 0.05) is 31.1 Å². The molecule has 4 heteroatoms. The predicted octanol–water partition coefficient (Wildman–Crippen LogP) is 2.55. The fourth-order valence-electron chi connectivity index (χ4n) is 2.23. The molecule has 0 spiro atoms. The molecule has 0 saturated heterocycles. The summed E-state index contributed by atoms with van der Waals surface area (Å²) in [6.07, 6.45) is 5.59. The standard InChI is InChI=1S/C14H25N3O/c1-5-8-12-11(9-15)10-16-13(17-12)14(6-2,7-3)18-4/h10H,5-9,15H2,1-4H3. The maximum atomic E-state index is 5.73. The van der Waals surface area contributed by atoms with E-state index in [4.69, 9.17) is 15.5 Å². The Labute approximate surface area is 110 Å². The summed E-state index contributed by atoms with van der Waals surface area (Å²) in [5.74, 6) is 0.788. The number of hydrogen-bond acceptors (Lipinski definition) is 4. The molecule has 0 aliphatic rings. The molecule has 1 rings (SSSR count). The highest BCUT2D eigenvalue weighted by Gasteiger charge is 2.31. The minimum Gasteiger partial charge on any atom is -0.370 e. The van der Waals surface area contributed by atoms with Crippen LogP contribution in [0.5, 0.6) is 0 Å². The number of nitrogens with two attached hydrogens (primary N) is 1. The molecule has 0 aliphatic heterocycles. The van der Waals surface area contributed by atoms with E-state index in [0.29, 0.717) is 6.54 Å². The van der Waals surface area contributed by atoms with Gasteiger partial charge in [-0.1, -0.05) is 27.2 Å². The molecule has 0 amide bonds. The number of ether oxygens (including phenoxy) is 1. The number of rotatable bonds is 7. The van der Waals surface area contributed by atoms with Crippen molar-refractivity contribution in [2.45, 2.75) is 58.6 Å². The molecule has 0 saturated carbocycles. The van der Waals surface area contributed by atoms with Crippen molar-refractivity contribution in [1.29, 1.82) is 0 Å². The Bertz CT molecular complexity index is 367. The molecular formula is C14H25N3O. The fraction of sp³-hybridized carbons (Fsp3) is 0.714. The van der Waals surface area contributed by atoms with E-state index in [9.17, 15) is 0 Å². The van der Waals surface area contributed by atoms with Gasteiger partial charge in [-0.15, -0.1) is 0 Å². The van der Waals surface area contributed by atoms with Gasteiger partial charge in [0.15, 0.2) is 5.82 Å². The molecule has 4 nitrogen and oxygen atoms in total. The third-order valence-corrected chi connectivity index (χ3v) is 3.60. The molecule has 2 N–H and O–H groups in total. The predicted molar refractivity (Wildman–Crippen MR) is 73.2 cm³/mol. The molecule has 102 valence electrons. The molecule has 0 unspecified atom stereocenters. The summed E-state index contributed by atoms with van der Waals surface area (Å²) in [6, 6.07) is 0. The van der Waals surface area contributed by atoms with Crippen molar-refractivity contribution in [3.8, 4) is 0 Å². The molecule has 0 aromatic carbocycles. The molecule has 1 aromatic rings. The molecular weight excluding hydrogens is 226 g/mol. The van der Waals surface area contributed by atoms with Gasteiger partial charge >= 0.3 is 0 Å². The van der Waals surface area contributed by atoms with Crippen LogP contribution in [0, 0.1) is 0 Å². The third kappa shape index (κ3) is 2.87. The highest BCUT2D eigenvalue weighted by molar-refractivity contribution is 5.19. The summed E-state index contributed by atoms with van der Waals surface area (Å²) in [5.41, 5.74) is 7.46. The van der Waals surface area contributed by atoms with E-state index in [-0.39, 0.29) is 5.60 Å². The number of hydrogen-bond donors (Lipinski definition) is 1. The van der Waals surface area contributed by atoms with Gasteiger partial charge in [-0.2, -0.15) is 0 Å². The second-order valence-corrected chi connectivity index (χ2v) is 4.53. The Hall–Kier alpha value is -1.00. The lowest BCUT2D eigenvalue weighted by atomic mass is 9.95. The van der Waals surface area contributed by atoms with Crippen LogP contribution in [0.1, 0.15) is 57.1 Å². The van der Waals surface area contributed by atoms with E-state index >= 15 is 0 Å². The first-order valence-electron chi connectivity index (χ1n) is 6.77. The van der Waals surface area contributed by atoms with Gasteiger partial charge in [-0.05, 0) is 19.3 Å². The lowest BCUT2D eigenvalue weighted by Gasteiger charge is -2.29. The molecule has 18 heavy (non-hydrogen) atoms. The lowest BCUT2D eigenvalue weighted by Crippen LogP contribution is -2.30. The zero-order valence-electron chi connectivity index (χ0n) is 12.0. The van der Waals surface area contributed by atoms with Crippen molar-refractivity contribution in [2.75, 3.05) is 7.11 Å². The SMILES string of the molecule is CCCc1nc(C(CC)(CC)OC)ncc1CN. The van der Waals surface area contributed by atoms with Crippen LogP contribution in [0.4, 0.5) is 0 Å². The van der Waals surface area contributed by atoms with Gasteiger partial charge in [0.05, 0.1) is 0 Å². The number of nitrogens with zero attached hydrogens (tertiary/aromatic N) is 2. The van der Waals surface area contributed by atoms with Crippen molar-refractivity contribution in [3.63, 3.8) is 0 Å². The van der Waals surface area contributed by atoms with Gasteiger partial charge in [0.2, 0.25) is 0 Å².